The van der Waals surface area contributed by atoms with Crippen LogP contribution >= 0.6 is 11.3 Å². The third-order valence-corrected chi connectivity index (χ3v) is 5.85. The molecule has 0 saturated carbocycles. The van der Waals surface area contributed by atoms with Gasteiger partial charge in [0.15, 0.2) is 0 Å². The van der Waals surface area contributed by atoms with Gasteiger partial charge in [0.25, 0.3) is 5.56 Å². The highest BCUT2D eigenvalue weighted by molar-refractivity contribution is 7.18. The van der Waals surface area contributed by atoms with Crippen LogP contribution in [0, 0.1) is 6.92 Å². The fourth-order valence-corrected chi connectivity index (χ4v) is 3.92. The quantitative estimate of drug-likeness (QED) is 0.737. The van der Waals surface area contributed by atoms with E-state index in [-0.39, 0.29) is 11.5 Å². The Labute approximate surface area is 156 Å². The number of thiophene rings is 1. The van der Waals surface area contributed by atoms with E-state index in [4.69, 9.17) is 0 Å². The van der Waals surface area contributed by atoms with Gasteiger partial charge >= 0.3 is 0 Å². The van der Waals surface area contributed by atoms with E-state index in [0.29, 0.717) is 5.39 Å². The topological polar surface area (TPSA) is 64.0 Å². The van der Waals surface area contributed by atoms with E-state index in [0.717, 1.165) is 39.4 Å². The molecule has 0 spiro atoms. The zero-order valence-electron chi connectivity index (χ0n) is 15.5. The number of amides is 1. The maximum atomic E-state index is 12.8. The van der Waals surface area contributed by atoms with E-state index >= 15 is 0 Å². The molecule has 0 bridgehead atoms. The van der Waals surface area contributed by atoms with Gasteiger partial charge in [-0.15, -0.1) is 11.3 Å². The normalized spacial score (nSPS) is 12.3. The molecule has 0 aliphatic rings. The zero-order chi connectivity index (χ0) is 18.8. The smallest absolute Gasteiger partial charge is 0.262 e. The Morgan fingerprint density at radius 1 is 1.31 bits per heavy atom. The van der Waals surface area contributed by atoms with Crippen LogP contribution < -0.4 is 10.9 Å². The molecular formula is C20H23N3O2S. The number of aryl methyl sites for hydroxylation is 3. The van der Waals surface area contributed by atoms with Crippen molar-refractivity contribution in [3.63, 3.8) is 0 Å². The first-order chi connectivity index (χ1) is 12.5. The molecule has 0 aliphatic heterocycles. The van der Waals surface area contributed by atoms with Gasteiger partial charge < -0.3 is 5.32 Å². The van der Waals surface area contributed by atoms with Gasteiger partial charge in [0.05, 0.1) is 11.7 Å². The fourth-order valence-electron chi connectivity index (χ4n) is 2.99. The van der Waals surface area contributed by atoms with Crippen LogP contribution in [-0.2, 0) is 17.6 Å². The second kappa shape index (κ2) is 7.41. The van der Waals surface area contributed by atoms with Gasteiger partial charge in [0.2, 0.25) is 5.91 Å². The Bertz CT molecular complexity index is 1020. The van der Waals surface area contributed by atoms with Crippen LogP contribution in [0.1, 0.15) is 42.8 Å². The molecule has 0 fully saturated rings. The van der Waals surface area contributed by atoms with Crippen molar-refractivity contribution in [1.82, 2.24) is 9.55 Å². The van der Waals surface area contributed by atoms with Gasteiger partial charge in [0.1, 0.15) is 10.9 Å². The van der Waals surface area contributed by atoms with Crippen molar-refractivity contribution in [3.8, 4) is 0 Å². The minimum absolute atomic E-state index is 0.172. The molecule has 1 amide bonds. The molecule has 2 heterocycles. The highest BCUT2D eigenvalue weighted by atomic mass is 32.1. The number of hydrogen-bond acceptors (Lipinski definition) is 4. The van der Waals surface area contributed by atoms with Crippen LogP contribution in [0.5, 0.6) is 0 Å². The van der Waals surface area contributed by atoms with E-state index in [1.54, 1.807) is 6.92 Å². The average molecular weight is 369 g/mol. The van der Waals surface area contributed by atoms with Crippen molar-refractivity contribution < 1.29 is 4.79 Å². The number of carbonyl (C=O) groups excluding carboxylic acids is 1. The van der Waals surface area contributed by atoms with E-state index in [9.17, 15) is 9.59 Å². The molecule has 0 unspecified atom stereocenters. The SMILES string of the molecule is CCc1cc2c(=O)n([C@@H](C)C(=O)Nc3c(C)cccc3CC)cnc2s1. The summed E-state index contributed by atoms with van der Waals surface area (Å²) < 4.78 is 1.41. The van der Waals surface area contributed by atoms with Crippen LogP contribution in [0.4, 0.5) is 5.69 Å². The van der Waals surface area contributed by atoms with Gasteiger partial charge in [-0.2, -0.15) is 0 Å². The van der Waals surface area contributed by atoms with Crippen LogP contribution in [0.25, 0.3) is 10.2 Å². The predicted octanol–water partition coefficient (Wildman–Crippen LogP) is 4.09. The number of benzene rings is 1. The predicted molar refractivity (Wildman–Crippen MR) is 107 cm³/mol. The summed E-state index contributed by atoms with van der Waals surface area (Å²) in [7, 11) is 0. The first-order valence-electron chi connectivity index (χ1n) is 8.85. The lowest BCUT2D eigenvalue weighted by molar-refractivity contribution is -0.118. The summed E-state index contributed by atoms with van der Waals surface area (Å²) >= 11 is 1.52. The Morgan fingerprint density at radius 3 is 2.77 bits per heavy atom. The number of nitrogens with zero attached hydrogens (tertiary/aromatic N) is 2. The summed E-state index contributed by atoms with van der Waals surface area (Å²) in [5, 5.41) is 3.58. The fraction of sp³-hybridized carbons (Fsp3) is 0.350. The Morgan fingerprint density at radius 2 is 2.08 bits per heavy atom. The van der Waals surface area contributed by atoms with Crippen molar-refractivity contribution in [2.45, 2.75) is 46.6 Å². The van der Waals surface area contributed by atoms with E-state index in [1.165, 1.54) is 22.2 Å². The summed E-state index contributed by atoms with van der Waals surface area (Å²) in [6.07, 6.45) is 3.17. The molecule has 5 nitrogen and oxygen atoms in total. The highest BCUT2D eigenvalue weighted by Gasteiger charge is 2.20. The minimum atomic E-state index is -0.645. The van der Waals surface area contributed by atoms with Crippen LogP contribution in [0.3, 0.4) is 0 Å². The molecule has 0 radical (unpaired) electrons. The van der Waals surface area contributed by atoms with Crippen molar-refractivity contribution in [3.05, 3.63) is 57.0 Å². The standard InChI is InChI=1S/C20H23N3O2S/c1-5-14-9-7-8-12(3)17(14)22-18(24)13(4)23-11-21-19-16(20(23)25)10-15(6-2)26-19/h7-11,13H,5-6H2,1-4H3,(H,22,24)/t13-/m0/s1. The van der Waals surface area contributed by atoms with Crippen molar-refractivity contribution >= 4 is 33.1 Å². The van der Waals surface area contributed by atoms with Gasteiger partial charge in [-0.25, -0.2) is 4.98 Å². The highest BCUT2D eigenvalue weighted by Crippen LogP contribution is 2.24. The number of aromatic nitrogens is 2. The molecule has 1 N–H and O–H groups in total. The molecular weight excluding hydrogens is 346 g/mol. The Kier molecular flexibility index (Phi) is 5.23. The van der Waals surface area contributed by atoms with E-state index in [2.05, 4.69) is 17.2 Å². The number of anilines is 1. The second-order valence-electron chi connectivity index (χ2n) is 6.37. The number of nitrogens with one attached hydrogen (secondary N) is 1. The van der Waals surface area contributed by atoms with Crippen LogP contribution in [0.15, 0.2) is 35.4 Å². The van der Waals surface area contributed by atoms with Gasteiger partial charge in [-0.1, -0.05) is 32.0 Å². The molecule has 26 heavy (non-hydrogen) atoms. The summed E-state index contributed by atoms with van der Waals surface area (Å²) in [6, 6.07) is 7.19. The molecule has 2 aromatic heterocycles. The van der Waals surface area contributed by atoms with E-state index < -0.39 is 6.04 Å². The van der Waals surface area contributed by atoms with Crippen molar-refractivity contribution in [2.24, 2.45) is 0 Å². The van der Waals surface area contributed by atoms with E-state index in [1.807, 2.05) is 38.1 Å². The van der Waals surface area contributed by atoms with Crippen LogP contribution in [0.2, 0.25) is 0 Å². The van der Waals surface area contributed by atoms with Gasteiger partial charge in [-0.05, 0) is 43.9 Å². The first-order valence-corrected chi connectivity index (χ1v) is 9.66. The van der Waals surface area contributed by atoms with Gasteiger partial charge in [0, 0.05) is 10.6 Å². The third-order valence-electron chi connectivity index (χ3n) is 4.66. The maximum absolute atomic E-state index is 12.8. The number of rotatable bonds is 5. The molecule has 1 atom stereocenters. The largest absolute Gasteiger partial charge is 0.324 e. The summed E-state index contributed by atoms with van der Waals surface area (Å²) in [5.74, 6) is -0.219. The molecule has 6 heteroatoms. The number of hydrogen-bond donors (Lipinski definition) is 1. The number of para-hydroxylation sites is 1. The third kappa shape index (κ3) is 3.29. The van der Waals surface area contributed by atoms with Crippen molar-refractivity contribution in [1.29, 1.82) is 0 Å². The average Bonchev–Trinajstić information content (AvgIpc) is 3.07. The number of carbonyl (C=O) groups is 1. The summed E-state index contributed by atoms with van der Waals surface area (Å²) in [4.78, 5) is 31.8. The van der Waals surface area contributed by atoms with Crippen molar-refractivity contribution in [2.75, 3.05) is 5.32 Å². The molecule has 1 aromatic carbocycles. The molecule has 0 saturated heterocycles. The molecule has 136 valence electrons. The Hall–Kier alpha value is -2.47. The monoisotopic (exact) mass is 369 g/mol. The summed E-state index contributed by atoms with van der Waals surface area (Å²) in [5.41, 5.74) is 2.75. The summed E-state index contributed by atoms with van der Waals surface area (Å²) in [6.45, 7) is 7.79. The lowest BCUT2D eigenvalue weighted by atomic mass is 10.1. The first kappa shape index (κ1) is 18.3. The molecule has 3 aromatic rings. The zero-order valence-corrected chi connectivity index (χ0v) is 16.3. The second-order valence-corrected chi connectivity index (χ2v) is 7.49. The molecule has 3 rings (SSSR count). The van der Waals surface area contributed by atoms with Gasteiger partial charge in [-0.3, -0.25) is 14.2 Å². The number of fused-ring (bicyclic) bond motifs is 1. The van der Waals surface area contributed by atoms with Crippen LogP contribution in [-0.4, -0.2) is 15.5 Å². The lowest BCUT2D eigenvalue weighted by Gasteiger charge is -2.18. The minimum Gasteiger partial charge on any atom is -0.324 e. The lowest BCUT2D eigenvalue weighted by Crippen LogP contribution is -2.32. The Balaban J connectivity index is 1.93. The molecule has 0 aliphatic carbocycles. The maximum Gasteiger partial charge on any atom is 0.262 e.